The van der Waals surface area contributed by atoms with Crippen LogP contribution < -0.4 is 19.9 Å². The Kier molecular flexibility index (Phi) is 4.55. The molecule has 2 heterocycles. The standard InChI is InChI=1S/C20H18N4O5/c1-27-15-8-11(9-16(28-2)17(15)29-3)14-10-21-18-19(22-14)24(20(26)23-18)12-4-6-13(25)7-5-12/h4-10,25H,1-3H3,(H,21,23,26). The van der Waals surface area contributed by atoms with Gasteiger partial charge in [-0.3, -0.25) is 4.98 Å². The summed E-state index contributed by atoms with van der Waals surface area (Å²) in [7, 11) is 4.59. The second kappa shape index (κ2) is 7.19. The number of H-pyrrole nitrogens is 1. The average molecular weight is 394 g/mol. The Morgan fingerprint density at radius 1 is 1.00 bits per heavy atom. The summed E-state index contributed by atoms with van der Waals surface area (Å²) in [6.07, 6.45) is 1.56. The van der Waals surface area contributed by atoms with Gasteiger partial charge in [0.2, 0.25) is 5.75 Å². The summed E-state index contributed by atoms with van der Waals surface area (Å²) in [5.41, 5.74) is 2.07. The number of ether oxygens (including phenoxy) is 3. The molecule has 0 saturated carbocycles. The lowest BCUT2D eigenvalue weighted by Gasteiger charge is -2.14. The number of aromatic amines is 1. The lowest BCUT2D eigenvalue weighted by atomic mass is 10.1. The summed E-state index contributed by atoms with van der Waals surface area (Å²) in [6.45, 7) is 0. The summed E-state index contributed by atoms with van der Waals surface area (Å²) in [5, 5.41) is 9.51. The van der Waals surface area contributed by atoms with Crippen LogP contribution in [0.1, 0.15) is 0 Å². The zero-order chi connectivity index (χ0) is 20.5. The van der Waals surface area contributed by atoms with Gasteiger partial charge >= 0.3 is 5.69 Å². The summed E-state index contributed by atoms with van der Waals surface area (Å²) in [4.78, 5) is 24.1. The summed E-state index contributed by atoms with van der Waals surface area (Å²) < 4.78 is 17.5. The molecule has 2 N–H and O–H groups in total. The van der Waals surface area contributed by atoms with Gasteiger partial charge in [-0.2, -0.15) is 0 Å². The van der Waals surface area contributed by atoms with Gasteiger partial charge in [-0.25, -0.2) is 19.3 Å². The Morgan fingerprint density at radius 3 is 2.24 bits per heavy atom. The van der Waals surface area contributed by atoms with E-state index in [2.05, 4.69) is 15.0 Å². The summed E-state index contributed by atoms with van der Waals surface area (Å²) >= 11 is 0. The first kappa shape index (κ1) is 18.4. The van der Waals surface area contributed by atoms with Crippen molar-refractivity contribution < 1.29 is 19.3 Å². The molecule has 0 aliphatic carbocycles. The average Bonchev–Trinajstić information content (AvgIpc) is 3.08. The first-order valence-electron chi connectivity index (χ1n) is 8.63. The predicted molar refractivity (Wildman–Crippen MR) is 106 cm³/mol. The molecule has 0 amide bonds. The van der Waals surface area contributed by atoms with Crippen LogP contribution in [0.2, 0.25) is 0 Å². The molecular formula is C20H18N4O5. The van der Waals surface area contributed by atoms with Crippen LogP contribution in [0.15, 0.2) is 47.4 Å². The number of rotatable bonds is 5. The maximum absolute atomic E-state index is 12.5. The molecule has 0 radical (unpaired) electrons. The van der Waals surface area contributed by atoms with Crippen molar-refractivity contribution in [1.29, 1.82) is 0 Å². The van der Waals surface area contributed by atoms with Gasteiger partial charge in [0.05, 0.1) is 38.9 Å². The smallest absolute Gasteiger partial charge is 0.333 e. The van der Waals surface area contributed by atoms with Crippen LogP contribution in [0, 0.1) is 0 Å². The van der Waals surface area contributed by atoms with E-state index in [1.807, 2.05) is 0 Å². The molecule has 0 aliphatic rings. The molecule has 0 atom stereocenters. The quantitative estimate of drug-likeness (QED) is 0.535. The van der Waals surface area contributed by atoms with Crippen molar-refractivity contribution in [2.45, 2.75) is 0 Å². The number of fused-ring (bicyclic) bond motifs is 1. The highest BCUT2D eigenvalue weighted by Gasteiger charge is 2.17. The van der Waals surface area contributed by atoms with E-state index in [4.69, 9.17) is 14.2 Å². The SMILES string of the molecule is COc1cc(-c2cnc3[nH]c(=O)n(-c4ccc(O)cc4)c3n2)cc(OC)c1OC. The molecule has 0 saturated heterocycles. The number of hydrogen-bond donors (Lipinski definition) is 2. The van der Waals surface area contributed by atoms with Gasteiger partial charge in [0.25, 0.3) is 0 Å². The number of hydrogen-bond acceptors (Lipinski definition) is 7. The fraction of sp³-hybridized carbons (Fsp3) is 0.150. The number of aromatic nitrogens is 4. The monoisotopic (exact) mass is 394 g/mol. The van der Waals surface area contributed by atoms with E-state index in [0.717, 1.165) is 0 Å². The van der Waals surface area contributed by atoms with Crippen molar-refractivity contribution in [3.63, 3.8) is 0 Å². The highest BCUT2D eigenvalue weighted by atomic mass is 16.5. The number of nitrogens with zero attached hydrogens (tertiary/aromatic N) is 3. The molecule has 9 nitrogen and oxygen atoms in total. The Labute approximate surface area is 165 Å². The number of nitrogens with one attached hydrogen (secondary N) is 1. The number of benzene rings is 2. The number of phenols is 1. The van der Waals surface area contributed by atoms with Crippen LogP contribution in [0.4, 0.5) is 0 Å². The maximum atomic E-state index is 12.5. The van der Waals surface area contributed by atoms with Crippen LogP contribution in [-0.2, 0) is 0 Å². The molecule has 0 spiro atoms. The molecule has 4 aromatic rings. The Hall–Kier alpha value is -4.01. The Bertz CT molecular complexity index is 1220. The van der Waals surface area contributed by atoms with Gasteiger partial charge in [-0.1, -0.05) is 0 Å². The van der Waals surface area contributed by atoms with Gasteiger partial charge < -0.3 is 19.3 Å². The van der Waals surface area contributed by atoms with E-state index < -0.39 is 0 Å². The zero-order valence-electron chi connectivity index (χ0n) is 16.0. The van der Waals surface area contributed by atoms with Crippen molar-refractivity contribution >= 4 is 11.3 Å². The summed E-state index contributed by atoms with van der Waals surface area (Å²) in [5.74, 6) is 1.53. The lowest BCUT2D eigenvalue weighted by molar-refractivity contribution is 0.324. The first-order valence-corrected chi connectivity index (χ1v) is 8.63. The minimum Gasteiger partial charge on any atom is -0.508 e. The van der Waals surface area contributed by atoms with Crippen molar-refractivity contribution in [3.05, 3.63) is 53.1 Å². The van der Waals surface area contributed by atoms with Crippen LogP contribution in [-0.4, -0.2) is 46.0 Å². The predicted octanol–water partition coefficient (Wildman–Crippen LogP) is 2.51. The molecule has 9 heteroatoms. The lowest BCUT2D eigenvalue weighted by Crippen LogP contribution is -2.14. The van der Waals surface area contributed by atoms with E-state index in [-0.39, 0.29) is 11.4 Å². The van der Waals surface area contributed by atoms with Gasteiger partial charge in [0.1, 0.15) is 5.75 Å². The van der Waals surface area contributed by atoms with E-state index >= 15 is 0 Å². The highest BCUT2D eigenvalue weighted by Crippen LogP contribution is 2.40. The molecule has 2 aromatic heterocycles. The maximum Gasteiger partial charge on any atom is 0.333 e. The van der Waals surface area contributed by atoms with Gasteiger partial charge in [0.15, 0.2) is 22.8 Å². The van der Waals surface area contributed by atoms with E-state index in [0.29, 0.717) is 45.5 Å². The van der Waals surface area contributed by atoms with Crippen LogP contribution in [0.3, 0.4) is 0 Å². The molecule has 0 unspecified atom stereocenters. The Morgan fingerprint density at radius 2 is 1.66 bits per heavy atom. The zero-order valence-corrected chi connectivity index (χ0v) is 16.0. The van der Waals surface area contributed by atoms with Crippen LogP contribution >= 0.6 is 0 Å². The van der Waals surface area contributed by atoms with Crippen LogP contribution in [0.5, 0.6) is 23.0 Å². The van der Waals surface area contributed by atoms with E-state index in [1.54, 1.807) is 30.5 Å². The van der Waals surface area contributed by atoms with Crippen molar-refractivity contribution in [2.75, 3.05) is 21.3 Å². The normalized spacial score (nSPS) is 10.9. The van der Waals surface area contributed by atoms with Gasteiger partial charge in [-0.05, 0) is 36.4 Å². The third-order valence-corrected chi connectivity index (χ3v) is 4.46. The Balaban J connectivity index is 1.91. The largest absolute Gasteiger partial charge is 0.508 e. The number of aromatic hydroxyl groups is 1. The summed E-state index contributed by atoms with van der Waals surface area (Å²) in [6, 6.07) is 9.75. The van der Waals surface area contributed by atoms with E-state index in [9.17, 15) is 9.90 Å². The highest BCUT2D eigenvalue weighted by molar-refractivity contribution is 5.75. The molecule has 148 valence electrons. The molecule has 0 bridgehead atoms. The topological polar surface area (TPSA) is 111 Å². The van der Waals surface area contributed by atoms with E-state index in [1.165, 1.54) is 38.0 Å². The fourth-order valence-corrected chi connectivity index (χ4v) is 3.09. The molecular weight excluding hydrogens is 376 g/mol. The van der Waals surface area contributed by atoms with Crippen molar-refractivity contribution in [3.8, 4) is 39.9 Å². The van der Waals surface area contributed by atoms with Gasteiger partial charge in [0, 0.05) is 5.56 Å². The second-order valence-electron chi connectivity index (χ2n) is 6.12. The van der Waals surface area contributed by atoms with Crippen molar-refractivity contribution in [1.82, 2.24) is 19.5 Å². The second-order valence-corrected chi connectivity index (χ2v) is 6.12. The fourth-order valence-electron chi connectivity index (χ4n) is 3.09. The molecule has 0 fully saturated rings. The molecule has 2 aromatic carbocycles. The third kappa shape index (κ3) is 3.12. The molecule has 4 rings (SSSR count). The molecule has 29 heavy (non-hydrogen) atoms. The van der Waals surface area contributed by atoms with Gasteiger partial charge in [-0.15, -0.1) is 0 Å². The number of imidazole rings is 1. The van der Waals surface area contributed by atoms with Crippen molar-refractivity contribution in [2.24, 2.45) is 0 Å². The molecule has 0 aliphatic heterocycles. The minimum atomic E-state index is -0.382. The minimum absolute atomic E-state index is 0.103. The van der Waals surface area contributed by atoms with Crippen LogP contribution in [0.25, 0.3) is 28.2 Å². The number of phenolic OH excluding ortho intramolecular Hbond substituents is 1. The first-order chi connectivity index (χ1) is 14.0. The third-order valence-electron chi connectivity index (χ3n) is 4.46. The number of methoxy groups -OCH3 is 3.